The number of benzene rings is 1. The number of carboxylic acid groups (broad SMARTS) is 1. The minimum Gasteiger partial charge on any atom is -0.481 e. The molecule has 1 N–H and O–H groups in total. The molecule has 0 bridgehead atoms. The number of carboxylic acids is 1. The van der Waals surface area contributed by atoms with E-state index < -0.39 is 24.0 Å². The number of hydrogen-bond acceptors (Lipinski definition) is 3. The molecule has 1 rings (SSSR count). The molecule has 0 aliphatic heterocycles. The molecule has 4 heteroatoms. The second-order valence-corrected chi connectivity index (χ2v) is 5.05. The molecular weight excluding hydrogens is 244 g/mol. The van der Waals surface area contributed by atoms with Crippen LogP contribution in [0, 0.1) is 11.8 Å². The molecule has 19 heavy (non-hydrogen) atoms. The monoisotopic (exact) mass is 264 g/mol. The van der Waals surface area contributed by atoms with Gasteiger partial charge in [0.2, 0.25) is 0 Å². The van der Waals surface area contributed by atoms with Crippen molar-refractivity contribution in [1.29, 1.82) is 0 Å². The van der Waals surface area contributed by atoms with Crippen molar-refractivity contribution >= 4 is 11.9 Å². The van der Waals surface area contributed by atoms with E-state index in [4.69, 9.17) is 4.74 Å². The first kappa shape index (κ1) is 15.2. The Morgan fingerprint density at radius 2 is 1.74 bits per heavy atom. The van der Waals surface area contributed by atoms with Gasteiger partial charge in [-0.25, -0.2) is 4.79 Å². The van der Waals surface area contributed by atoms with Crippen molar-refractivity contribution in [2.45, 2.75) is 33.3 Å². The lowest BCUT2D eigenvalue weighted by Crippen LogP contribution is -2.31. The topological polar surface area (TPSA) is 63.6 Å². The third kappa shape index (κ3) is 4.73. The summed E-state index contributed by atoms with van der Waals surface area (Å²) in [6.07, 6.45) is -0.161. The Kier molecular flexibility index (Phi) is 5.55. The molecule has 0 radical (unpaired) electrons. The number of carbonyl (C=O) groups excluding carboxylic acids is 1. The van der Waals surface area contributed by atoms with E-state index in [0.29, 0.717) is 12.0 Å². The first-order valence-electron chi connectivity index (χ1n) is 6.40. The minimum absolute atomic E-state index is 0.235. The second kappa shape index (κ2) is 6.92. The van der Waals surface area contributed by atoms with E-state index in [1.54, 1.807) is 37.3 Å². The molecule has 0 fully saturated rings. The van der Waals surface area contributed by atoms with Crippen molar-refractivity contribution in [2.24, 2.45) is 11.8 Å². The van der Waals surface area contributed by atoms with E-state index in [1.807, 2.05) is 13.8 Å². The third-order valence-corrected chi connectivity index (χ3v) is 2.91. The van der Waals surface area contributed by atoms with Crippen molar-refractivity contribution in [3.05, 3.63) is 35.9 Å². The molecule has 104 valence electrons. The van der Waals surface area contributed by atoms with Crippen molar-refractivity contribution < 1.29 is 19.4 Å². The van der Waals surface area contributed by atoms with Gasteiger partial charge in [0.25, 0.3) is 0 Å². The summed E-state index contributed by atoms with van der Waals surface area (Å²) in [6.45, 7) is 5.52. The van der Waals surface area contributed by atoms with E-state index >= 15 is 0 Å². The molecule has 0 aliphatic rings. The van der Waals surface area contributed by atoms with E-state index in [2.05, 4.69) is 0 Å². The fourth-order valence-electron chi connectivity index (χ4n) is 1.89. The third-order valence-electron chi connectivity index (χ3n) is 2.91. The van der Waals surface area contributed by atoms with Crippen molar-refractivity contribution in [1.82, 2.24) is 0 Å². The smallest absolute Gasteiger partial charge is 0.338 e. The summed E-state index contributed by atoms with van der Waals surface area (Å²) >= 11 is 0. The Labute approximate surface area is 113 Å². The minimum atomic E-state index is -0.929. The summed E-state index contributed by atoms with van der Waals surface area (Å²) in [4.78, 5) is 23.1. The van der Waals surface area contributed by atoms with Gasteiger partial charge in [-0.1, -0.05) is 32.0 Å². The van der Waals surface area contributed by atoms with Crippen molar-refractivity contribution in [3.8, 4) is 0 Å². The molecule has 0 aliphatic carbocycles. The Bertz CT molecular complexity index is 425. The van der Waals surface area contributed by atoms with Gasteiger partial charge in [-0.05, 0) is 31.4 Å². The van der Waals surface area contributed by atoms with E-state index in [9.17, 15) is 14.7 Å². The Hall–Kier alpha value is -1.84. The first-order chi connectivity index (χ1) is 8.91. The van der Waals surface area contributed by atoms with Gasteiger partial charge >= 0.3 is 11.9 Å². The summed E-state index contributed by atoms with van der Waals surface area (Å²) < 4.78 is 5.24. The van der Waals surface area contributed by atoms with Crippen LogP contribution in [0.5, 0.6) is 0 Å². The fourth-order valence-corrected chi connectivity index (χ4v) is 1.89. The summed E-state index contributed by atoms with van der Waals surface area (Å²) in [5, 5.41) is 9.18. The molecule has 0 saturated carbocycles. The van der Waals surface area contributed by atoms with Gasteiger partial charge in [0.15, 0.2) is 0 Å². The quantitative estimate of drug-likeness (QED) is 0.802. The number of aliphatic carboxylic acids is 1. The molecule has 2 unspecified atom stereocenters. The van der Waals surface area contributed by atoms with E-state index in [1.165, 1.54) is 0 Å². The van der Waals surface area contributed by atoms with Gasteiger partial charge < -0.3 is 9.84 Å². The predicted octanol–water partition coefficient (Wildman–Crippen LogP) is 2.98. The highest BCUT2D eigenvalue weighted by Gasteiger charge is 2.28. The van der Waals surface area contributed by atoms with Gasteiger partial charge in [0.05, 0.1) is 11.5 Å². The fraction of sp³-hybridized carbons (Fsp3) is 0.467. The molecule has 2 atom stereocenters. The summed E-state index contributed by atoms with van der Waals surface area (Å²) in [5.41, 5.74) is 0.433. The lowest BCUT2D eigenvalue weighted by Gasteiger charge is -2.22. The van der Waals surface area contributed by atoms with Gasteiger partial charge in [0.1, 0.15) is 6.10 Å². The maximum Gasteiger partial charge on any atom is 0.338 e. The summed E-state index contributed by atoms with van der Waals surface area (Å²) in [5.74, 6) is -1.85. The number of ether oxygens (including phenoxy) is 1. The molecule has 0 aromatic heterocycles. The number of rotatable bonds is 6. The van der Waals surface area contributed by atoms with Crippen LogP contribution < -0.4 is 0 Å². The average molecular weight is 264 g/mol. The standard InChI is InChI=1S/C15H20O4/c1-10(2)9-13(14(16)17)11(3)19-15(18)12-7-5-4-6-8-12/h4-8,10-11,13H,9H2,1-3H3,(H,16,17). The summed E-state index contributed by atoms with van der Waals surface area (Å²) in [7, 11) is 0. The molecule has 1 aromatic rings. The van der Waals surface area contributed by atoms with Crippen LogP contribution >= 0.6 is 0 Å². The highest BCUT2D eigenvalue weighted by molar-refractivity contribution is 5.89. The van der Waals surface area contributed by atoms with Crippen LogP contribution in [0.15, 0.2) is 30.3 Å². The molecule has 0 amide bonds. The molecule has 0 heterocycles. The average Bonchev–Trinajstić information content (AvgIpc) is 2.36. The normalized spacial score (nSPS) is 13.9. The van der Waals surface area contributed by atoms with E-state index in [-0.39, 0.29) is 5.92 Å². The van der Waals surface area contributed by atoms with Crippen LogP contribution in [-0.4, -0.2) is 23.1 Å². The lowest BCUT2D eigenvalue weighted by atomic mass is 9.93. The maximum absolute atomic E-state index is 11.9. The molecule has 4 nitrogen and oxygen atoms in total. The highest BCUT2D eigenvalue weighted by atomic mass is 16.5. The van der Waals surface area contributed by atoms with Crippen LogP contribution in [0.3, 0.4) is 0 Å². The lowest BCUT2D eigenvalue weighted by molar-refractivity contribution is -0.146. The summed E-state index contributed by atoms with van der Waals surface area (Å²) in [6, 6.07) is 8.58. The number of esters is 1. The van der Waals surface area contributed by atoms with Crippen LogP contribution in [0.25, 0.3) is 0 Å². The van der Waals surface area contributed by atoms with E-state index in [0.717, 1.165) is 0 Å². The van der Waals surface area contributed by atoms with Crippen molar-refractivity contribution in [2.75, 3.05) is 0 Å². The number of hydrogen-bond donors (Lipinski definition) is 1. The Morgan fingerprint density at radius 1 is 1.16 bits per heavy atom. The highest BCUT2D eigenvalue weighted by Crippen LogP contribution is 2.19. The zero-order chi connectivity index (χ0) is 14.4. The Balaban J connectivity index is 2.69. The predicted molar refractivity (Wildman–Crippen MR) is 71.9 cm³/mol. The van der Waals surface area contributed by atoms with Gasteiger partial charge in [0, 0.05) is 0 Å². The van der Waals surface area contributed by atoms with Crippen molar-refractivity contribution in [3.63, 3.8) is 0 Å². The first-order valence-corrected chi connectivity index (χ1v) is 6.40. The molecule has 1 aromatic carbocycles. The van der Waals surface area contributed by atoms with Gasteiger partial charge in [-0.15, -0.1) is 0 Å². The zero-order valence-electron chi connectivity index (χ0n) is 11.5. The maximum atomic E-state index is 11.9. The molecule has 0 saturated heterocycles. The van der Waals surface area contributed by atoms with Crippen LogP contribution in [-0.2, 0) is 9.53 Å². The van der Waals surface area contributed by atoms with Gasteiger partial charge in [-0.3, -0.25) is 4.79 Å². The van der Waals surface area contributed by atoms with Crippen LogP contribution in [0.4, 0.5) is 0 Å². The zero-order valence-corrected chi connectivity index (χ0v) is 11.5. The number of carbonyl (C=O) groups is 2. The second-order valence-electron chi connectivity index (χ2n) is 5.05. The van der Waals surface area contributed by atoms with Gasteiger partial charge in [-0.2, -0.15) is 0 Å². The SMILES string of the molecule is CC(C)CC(C(=O)O)C(C)OC(=O)c1ccccc1. The van der Waals surface area contributed by atoms with Crippen LogP contribution in [0.2, 0.25) is 0 Å². The van der Waals surface area contributed by atoms with Crippen LogP contribution in [0.1, 0.15) is 37.6 Å². The molecular formula is C15H20O4. The Morgan fingerprint density at radius 3 is 2.21 bits per heavy atom. The molecule has 0 spiro atoms. The largest absolute Gasteiger partial charge is 0.481 e.